The van der Waals surface area contributed by atoms with Gasteiger partial charge in [-0.05, 0) is 75.8 Å². The Hall–Kier alpha value is -7.43. The number of nitrogens with zero attached hydrogens (tertiary/aromatic N) is 4. The molecule has 4 heteroatoms. The largest absolute Gasteiger partial charge is 0.309 e. The first-order valence-corrected chi connectivity index (χ1v) is 18.5. The van der Waals surface area contributed by atoms with Gasteiger partial charge in [0.05, 0.1) is 11.0 Å². The van der Waals surface area contributed by atoms with Crippen molar-refractivity contribution >= 4 is 21.8 Å². The van der Waals surface area contributed by atoms with Crippen LogP contribution >= 0.6 is 0 Å². The molecule has 10 aromatic rings. The topological polar surface area (TPSA) is 43.6 Å². The van der Waals surface area contributed by atoms with Crippen LogP contribution in [0.5, 0.6) is 0 Å². The van der Waals surface area contributed by atoms with Crippen molar-refractivity contribution in [3.8, 4) is 73.2 Å². The molecule has 0 radical (unpaired) electrons. The molecule has 0 spiro atoms. The number of hydrogen-bond acceptors (Lipinski definition) is 3. The maximum atomic E-state index is 5.14. The van der Waals surface area contributed by atoms with Crippen LogP contribution in [0, 0.1) is 0 Å². The van der Waals surface area contributed by atoms with Gasteiger partial charge in [0.25, 0.3) is 0 Å². The summed E-state index contributed by atoms with van der Waals surface area (Å²) in [5.74, 6) is 1.89. The molecule has 0 aliphatic heterocycles. The van der Waals surface area contributed by atoms with E-state index in [0.29, 0.717) is 17.5 Å². The van der Waals surface area contributed by atoms with Crippen LogP contribution in [-0.4, -0.2) is 19.5 Å². The summed E-state index contributed by atoms with van der Waals surface area (Å²) >= 11 is 0. The third-order valence-corrected chi connectivity index (χ3v) is 10.3. The van der Waals surface area contributed by atoms with Gasteiger partial charge in [0.15, 0.2) is 17.5 Å². The van der Waals surface area contributed by atoms with Gasteiger partial charge < -0.3 is 4.57 Å². The summed E-state index contributed by atoms with van der Waals surface area (Å²) in [6.45, 7) is 0. The molecule has 10 rings (SSSR count). The Labute approximate surface area is 319 Å². The van der Waals surface area contributed by atoms with E-state index < -0.39 is 0 Å². The molecule has 0 fully saturated rings. The summed E-state index contributed by atoms with van der Waals surface area (Å²) in [6, 6.07) is 72.2. The Morgan fingerprint density at radius 3 is 1.07 bits per heavy atom. The van der Waals surface area contributed by atoms with Crippen molar-refractivity contribution in [1.29, 1.82) is 0 Å². The van der Waals surface area contributed by atoms with Crippen molar-refractivity contribution in [3.05, 3.63) is 206 Å². The van der Waals surface area contributed by atoms with Crippen molar-refractivity contribution in [2.24, 2.45) is 0 Å². The van der Waals surface area contributed by atoms with Gasteiger partial charge >= 0.3 is 0 Å². The van der Waals surface area contributed by atoms with E-state index in [-0.39, 0.29) is 0 Å². The Kier molecular flexibility index (Phi) is 8.12. The molecule has 0 aliphatic rings. The zero-order valence-corrected chi connectivity index (χ0v) is 29.9. The van der Waals surface area contributed by atoms with Crippen molar-refractivity contribution < 1.29 is 0 Å². The van der Waals surface area contributed by atoms with Crippen LogP contribution in [0.4, 0.5) is 0 Å². The van der Waals surface area contributed by atoms with E-state index in [1.165, 1.54) is 21.8 Å². The summed E-state index contributed by atoms with van der Waals surface area (Å²) in [7, 11) is 0. The van der Waals surface area contributed by atoms with Crippen molar-refractivity contribution in [3.63, 3.8) is 0 Å². The zero-order chi connectivity index (χ0) is 36.6. The second kappa shape index (κ2) is 13.8. The minimum Gasteiger partial charge on any atom is -0.309 e. The Morgan fingerprint density at radius 1 is 0.255 bits per heavy atom. The van der Waals surface area contributed by atoms with E-state index >= 15 is 0 Å². The summed E-state index contributed by atoms with van der Waals surface area (Å²) in [5, 5.41) is 2.52. The van der Waals surface area contributed by atoms with Crippen molar-refractivity contribution in [2.75, 3.05) is 0 Å². The molecule has 8 aromatic carbocycles. The second-order valence-electron chi connectivity index (χ2n) is 13.7. The number of hydrogen-bond donors (Lipinski definition) is 0. The predicted octanol–water partition coefficient (Wildman–Crippen LogP) is 13.0. The summed E-state index contributed by atoms with van der Waals surface area (Å²) in [6.07, 6.45) is 0. The van der Waals surface area contributed by atoms with Gasteiger partial charge in [-0.25, -0.2) is 15.0 Å². The molecule has 2 heterocycles. The van der Waals surface area contributed by atoms with E-state index in [2.05, 4.69) is 168 Å². The SMILES string of the molecule is c1ccc(-c2cc(-c3ccccc3)cc(-c3nc(-c4ccccc4)nc(-c4ccc(-c5ccc(-n6c7ccccc7c7ccccc76)cc5)cc4)n3)c2)cc1. The quantitative estimate of drug-likeness (QED) is 0.166. The number of benzene rings is 8. The number of para-hydroxylation sites is 2. The summed E-state index contributed by atoms with van der Waals surface area (Å²) in [4.78, 5) is 15.2. The lowest BCUT2D eigenvalue weighted by atomic mass is 9.96. The maximum absolute atomic E-state index is 5.14. The fourth-order valence-electron chi connectivity index (χ4n) is 7.52. The van der Waals surface area contributed by atoms with Gasteiger partial charge in [0.2, 0.25) is 0 Å². The highest BCUT2D eigenvalue weighted by Gasteiger charge is 2.16. The molecule has 0 bridgehead atoms. The van der Waals surface area contributed by atoms with Crippen LogP contribution in [0.3, 0.4) is 0 Å². The van der Waals surface area contributed by atoms with Crippen LogP contribution in [-0.2, 0) is 0 Å². The predicted molar refractivity (Wildman–Crippen MR) is 227 cm³/mol. The highest BCUT2D eigenvalue weighted by atomic mass is 15.0. The van der Waals surface area contributed by atoms with Crippen LogP contribution in [0.2, 0.25) is 0 Å². The van der Waals surface area contributed by atoms with Crippen LogP contribution in [0.1, 0.15) is 0 Å². The monoisotopic (exact) mass is 702 g/mol. The lowest BCUT2D eigenvalue weighted by Gasteiger charge is -2.13. The normalized spacial score (nSPS) is 11.3. The molecule has 2 aromatic heterocycles. The smallest absolute Gasteiger partial charge is 0.164 e. The molecule has 4 nitrogen and oxygen atoms in total. The Bertz CT molecular complexity index is 2820. The van der Waals surface area contributed by atoms with Gasteiger partial charge in [-0.15, -0.1) is 0 Å². The fraction of sp³-hybridized carbons (Fsp3) is 0. The molecule has 258 valence electrons. The Balaban J connectivity index is 1.04. The number of fused-ring (bicyclic) bond motifs is 3. The average Bonchev–Trinajstić information content (AvgIpc) is 3.61. The van der Waals surface area contributed by atoms with Crippen LogP contribution in [0.15, 0.2) is 206 Å². The molecule has 0 atom stereocenters. The lowest BCUT2D eigenvalue weighted by Crippen LogP contribution is -2.00. The molecule has 0 amide bonds. The molecule has 0 saturated carbocycles. The zero-order valence-electron chi connectivity index (χ0n) is 29.9. The molecule has 0 aliphatic carbocycles. The van der Waals surface area contributed by atoms with Gasteiger partial charge in [0, 0.05) is 33.2 Å². The van der Waals surface area contributed by atoms with Crippen LogP contribution in [0.25, 0.3) is 95.0 Å². The molecular weight excluding hydrogens is 669 g/mol. The first-order valence-electron chi connectivity index (χ1n) is 18.5. The highest BCUT2D eigenvalue weighted by molar-refractivity contribution is 6.09. The maximum Gasteiger partial charge on any atom is 0.164 e. The van der Waals surface area contributed by atoms with Crippen molar-refractivity contribution in [2.45, 2.75) is 0 Å². The van der Waals surface area contributed by atoms with E-state index in [0.717, 1.165) is 55.8 Å². The molecule has 55 heavy (non-hydrogen) atoms. The molecule has 0 unspecified atom stereocenters. The third-order valence-electron chi connectivity index (χ3n) is 10.3. The summed E-state index contributed by atoms with van der Waals surface area (Å²) in [5.41, 5.74) is 13.1. The minimum absolute atomic E-state index is 0.628. The Morgan fingerprint density at radius 2 is 0.582 bits per heavy atom. The van der Waals surface area contributed by atoms with Gasteiger partial charge in [-0.2, -0.15) is 0 Å². The first-order chi connectivity index (χ1) is 27.2. The number of aromatic nitrogens is 4. The molecule has 0 N–H and O–H groups in total. The van der Waals surface area contributed by atoms with E-state index in [1.54, 1.807) is 0 Å². The fourth-order valence-corrected chi connectivity index (χ4v) is 7.52. The van der Waals surface area contributed by atoms with E-state index in [1.807, 2.05) is 42.5 Å². The molecule has 0 saturated heterocycles. The number of rotatable bonds is 7. The van der Waals surface area contributed by atoms with Gasteiger partial charge in [-0.3, -0.25) is 0 Å². The second-order valence-corrected chi connectivity index (χ2v) is 13.7. The standard InChI is InChI=1S/C51H34N4/c1-4-14-35(15-5-1)41-32-42(36-16-6-2-7-17-36)34-43(33-41)51-53-49(39-18-8-3-9-19-39)52-50(54-51)40-26-24-37(25-27-40)38-28-30-44(31-29-38)55-47-22-12-10-20-45(47)46-21-11-13-23-48(46)55/h1-34H. The highest BCUT2D eigenvalue weighted by Crippen LogP contribution is 2.35. The van der Waals surface area contributed by atoms with Crippen LogP contribution < -0.4 is 0 Å². The summed E-state index contributed by atoms with van der Waals surface area (Å²) < 4.78 is 2.35. The third kappa shape index (κ3) is 6.16. The average molecular weight is 703 g/mol. The van der Waals surface area contributed by atoms with Gasteiger partial charge in [0.1, 0.15) is 0 Å². The molecular formula is C51H34N4. The van der Waals surface area contributed by atoms with Gasteiger partial charge in [-0.1, -0.05) is 164 Å². The first kappa shape index (κ1) is 32.2. The lowest BCUT2D eigenvalue weighted by molar-refractivity contribution is 1.07. The minimum atomic E-state index is 0.628. The van der Waals surface area contributed by atoms with Crippen molar-refractivity contribution in [1.82, 2.24) is 19.5 Å². The van der Waals surface area contributed by atoms with E-state index in [4.69, 9.17) is 15.0 Å². The van der Waals surface area contributed by atoms with E-state index in [9.17, 15) is 0 Å².